The Bertz CT molecular complexity index is 732. The number of piperidine rings is 1. The van der Waals surface area contributed by atoms with Crippen LogP contribution >= 0.6 is 0 Å². The first-order valence-corrected chi connectivity index (χ1v) is 8.35. The molecule has 1 fully saturated rings. The van der Waals surface area contributed by atoms with Crippen molar-refractivity contribution in [3.05, 3.63) is 35.5 Å². The SMILES string of the molecule is CNC(=O)c1ccc(CNC(=O)c2cn(CC3CCCNC3)nn2)o1. The van der Waals surface area contributed by atoms with Crippen LogP contribution < -0.4 is 16.0 Å². The summed E-state index contributed by atoms with van der Waals surface area (Å²) >= 11 is 0. The molecule has 1 saturated heterocycles. The fourth-order valence-corrected chi connectivity index (χ4v) is 2.81. The fourth-order valence-electron chi connectivity index (χ4n) is 2.81. The molecule has 134 valence electrons. The molecule has 1 atom stereocenters. The average Bonchev–Trinajstić information content (AvgIpc) is 3.29. The highest BCUT2D eigenvalue weighted by molar-refractivity contribution is 5.92. The van der Waals surface area contributed by atoms with E-state index in [-0.39, 0.29) is 29.8 Å². The number of carbonyl (C=O) groups excluding carboxylic acids is 2. The summed E-state index contributed by atoms with van der Waals surface area (Å²) in [5.74, 6) is 0.577. The van der Waals surface area contributed by atoms with Crippen LogP contribution in [0.15, 0.2) is 22.7 Å². The van der Waals surface area contributed by atoms with Crippen LogP contribution in [0.25, 0.3) is 0 Å². The molecule has 2 aromatic heterocycles. The van der Waals surface area contributed by atoms with Gasteiger partial charge in [0.1, 0.15) is 5.76 Å². The van der Waals surface area contributed by atoms with Gasteiger partial charge in [-0.1, -0.05) is 5.21 Å². The van der Waals surface area contributed by atoms with E-state index < -0.39 is 0 Å². The highest BCUT2D eigenvalue weighted by atomic mass is 16.4. The second-order valence-electron chi connectivity index (χ2n) is 6.07. The average molecular weight is 346 g/mol. The number of nitrogens with one attached hydrogen (secondary N) is 3. The van der Waals surface area contributed by atoms with E-state index in [0.717, 1.165) is 32.5 Å². The third-order valence-electron chi connectivity index (χ3n) is 4.15. The Hall–Kier alpha value is -2.68. The van der Waals surface area contributed by atoms with Crippen molar-refractivity contribution in [1.29, 1.82) is 0 Å². The zero-order valence-electron chi connectivity index (χ0n) is 14.1. The van der Waals surface area contributed by atoms with E-state index in [1.807, 2.05) is 0 Å². The van der Waals surface area contributed by atoms with Gasteiger partial charge < -0.3 is 20.4 Å². The molecule has 0 aliphatic carbocycles. The molecule has 3 heterocycles. The van der Waals surface area contributed by atoms with Crippen molar-refractivity contribution < 1.29 is 14.0 Å². The highest BCUT2D eigenvalue weighted by Crippen LogP contribution is 2.12. The lowest BCUT2D eigenvalue weighted by Gasteiger charge is -2.22. The standard InChI is InChI=1S/C16H22N6O3/c1-17-16(24)14-5-4-12(25-14)8-19-15(23)13-10-22(21-20-13)9-11-3-2-6-18-7-11/h4-5,10-11,18H,2-3,6-9H2,1H3,(H,17,24)(H,19,23). The molecule has 3 N–H and O–H groups in total. The molecule has 9 heteroatoms. The number of hydrogen-bond acceptors (Lipinski definition) is 6. The molecule has 9 nitrogen and oxygen atoms in total. The van der Waals surface area contributed by atoms with Crippen LogP contribution in [-0.4, -0.2) is 46.9 Å². The Balaban J connectivity index is 1.51. The van der Waals surface area contributed by atoms with Gasteiger partial charge in [0.25, 0.3) is 11.8 Å². The summed E-state index contributed by atoms with van der Waals surface area (Å²) in [7, 11) is 1.53. The van der Waals surface area contributed by atoms with Gasteiger partial charge >= 0.3 is 0 Å². The summed E-state index contributed by atoms with van der Waals surface area (Å²) in [4.78, 5) is 23.6. The topological polar surface area (TPSA) is 114 Å². The molecule has 0 saturated carbocycles. The lowest BCUT2D eigenvalue weighted by Crippen LogP contribution is -2.32. The summed E-state index contributed by atoms with van der Waals surface area (Å²) in [6.45, 7) is 2.96. The minimum Gasteiger partial charge on any atom is -0.454 e. The molecule has 0 bridgehead atoms. The molecular weight excluding hydrogens is 324 g/mol. The van der Waals surface area contributed by atoms with Crippen LogP contribution in [0.5, 0.6) is 0 Å². The third kappa shape index (κ3) is 4.44. The molecule has 1 aliphatic heterocycles. The highest BCUT2D eigenvalue weighted by Gasteiger charge is 2.17. The molecule has 3 rings (SSSR count). The van der Waals surface area contributed by atoms with Crippen molar-refractivity contribution in [2.24, 2.45) is 5.92 Å². The summed E-state index contributed by atoms with van der Waals surface area (Å²) in [6.07, 6.45) is 3.97. The molecule has 1 aliphatic rings. The van der Waals surface area contributed by atoms with Gasteiger partial charge in [-0.25, -0.2) is 0 Å². The summed E-state index contributed by atoms with van der Waals surface area (Å²) in [5.41, 5.74) is 0.266. The molecule has 0 spiro atoms. The minimum atomic E-state index is -0.328. The van der Waals surface area contributed by atoms with Crippen LogP contribution in [-0.2, 0) is 13.1 Å². The van der Waals surface area contributed by atoms with Crippen molar-refractivity contribution in [2.75, 3.05) is 20.1 Å². The Kier molecular flexibility index (Phi) is 5.44. The van der Waals surface area contributed by atoms with E-state index in [0.29, 0.717) is 11.7 Å². The van der Waals surface area contributed by atoms with E-state index in [4.69, 9.17) is 4.42 Å². The molecular formula is C16H22N6O3. The predicted molar refractivity (Wildman–Crippen MR) is 88.9 cm³/mol. The van der Waals surface area contributed by atoms with E-state index in [9.17, 15) is 9.59 Å². The normalized spacial score (nSPS) is 17.2. The second kappa shape index (κ2) is 7.93. The Morgan fingerprint density at radius 2 is 2.28 bits per heavy atom. The maximum Gasteiger partial charge on any atom is 0.286 e. The zero-order valence-corrected chi connectivity index (χ0v) is 14.1. The van der Waals surface area contributed by atoms with Gasteiger partial charge in [0.05, 0.1) is 12.7 Å². The van der Waals surface area contributed by atoms with Gasteiger partial charge in [-0.2, -0.15) is 0 Å². The first-order valence-electron chi connectivity index (χ1n) is 8.35. The maximum absolute atomic E-state index is 12.2. The predicted octanol–water partition coefficient (Wildman–Crippen LogP) is 0.160. The van der Waals surface area contributed by atoms with E-state index in [1.165, 1.54) is 7.05 Å². The van der Waals surface area contributed by atoms with E-state index in [2.05, 4.69) is 26.3 Å². The van der Waals surface area contributed by atoms with Crippen molar-refractivity contribution in [3.63, 3.8) is 0 Å². The molecule has 0 aromatic carbocycles. The van der Waals surface area contributed by atoms with Gasteiger partial charge in [-0.05, 0) is 44.0 Å². The number of amides is 2. The van der Waals surface area contributed by atoms with Crippen molar-refractivity contribution >= 4 is 11.8 Å². The zero-order chi connectivity index (χ0) is 17.6. The third-order valence-corrected chi connectivity index (χ3v) is 4.15. The Morgan fingerprint density at radius 1 is 1.40 bits per heavy atom. The molecule has 0 radical (unpaired) electrons. The second-order valence-corrected chi connectivity index (χ2v) is 6.07. The quantitative estimate of drug-likeness (QED) is 0.686. The minimum absolute atomic E-state index is 0.176. The van der Waals surface area contributed by atoms with Crippen molar-refractivity contribution in [3.8, 4) is 0 Å². The number of nitrogens with zero attached hydrogens (tertiary/aromatic N) is 3. The lowest BCUT2D eigenvalue weighted by molar-refractivity contribution is 0.0933. The van der Waals surface area contributed by atoms with Crippen LogP contribution in [0.1, 0.15) is 39.6 Å². The monoisotopic (exact) mass is 346 g/mol. The molecule has 25 heavy (non-hydrogen) atoms. The summed E-state index contributed by atoms with van der Waals surface area (Å²) in [5, 5.41) is 16.5. The number of carbonyl (C=O) groups is 2. The Morgan fingerprint density at radius 3 is 3.04 bits per heavy atom. The molecule has 1 unspecified atom stereocenters. The largest absolute Gasteiger partial charge is 0.454 e. The van der Waals surface area contributed by atoms with Crippen LogP contribution in [0.3, 0.4) is 0 Å². The van der Waals surface area contributed by atoms with Crippen LogP contribution in [0.4, 0.5) is 0 Å². The first-order chi connectivity index (χ1) is 12.2. The van der Waals surface area contributed by atoms with Crippen LogP contribution in [0, 0.1) is 5.92 Å². The van der Waals surface area contributed by atoms with Gasteiger partial charge in [0.2, 0.25) is 0 Å². The lowest BCUT2D eigenvalue weighted by atomic mass is 10.00. The summed E-state index contributed by atoms with van der Waals surface area (Å²) in [6, 6.07) is 3.21. The fraction of sp³-hybridized carbons (Fsp3) is 0.500. The van der Waals surface area contributed by atoms with Crippen molar-refractivity contribution in [2.45, 2.75) is 25.9 Å². The molecule has 2 aromatic rings. The van der Waals surface area contributed by atoms with E-state index >= 15 is 0 Å². The Labute approximate surface area is 145 Å². The van der Waals surface area contributed by atoms with Gasteiger partial charge in [0.15, 0.2) is 11.5 Å². The number of furan rings is 1. The maximum atomic E-state index is 12.2. The number of aromatic nitrogens is 3. The van der Waals surface area contributed by atoms with Crippen LogP contribution in [0.2, 0.25) is 0 Å². The molecule has 2 amide bonds. The summed E-state index contributed by atoms with van der Waals surface area (Å²) < 4.78 is 7.06. The van der Waals surface area contributed by atoms with E-state index in [1.54, 1.807) is 23.0 Å². The van der Waals surface area contributed by atoms with Gasteiger partial charge in [-0.15, -0.1) is 5.10 Å². The van der Waals surface area contributed by atoms with Gasteiger partial charge in [-0.3, -0.25) is 14.3 Å². The first kappa shape index (κ1) is 17.2. The number of hydrogen-bond donors (Lipinski definition) is 3. The van der Waals surface area contributed by atoms with Crippen molar-refractivity contribution in [1.82, 2.24) is 30.9 Å². The van der Waals surface area contributed by atoms with Gasteiger partial charge in [0, 0.05) is 13.6 Å². The number of rotatable bonds is 6. The smallest absolute Gasteiger partial charge is 0.286 e.